The Hall–Kier alpha value is -1.71. The van der Waals surface area contributed by atoms with Gasteiger partial charge in [0.05, 0.1) is 12.5 Å². The predicted octanol–water partition coefficient (Wildman–Crippen LogP) is 6.49. The molecule has 0 N–H and O–H groups in total. The third-order valence-corrected chi connectivity index (χ3v) is 12.3. The van der Waals surface area contributed by atoms with Crippen molar-refractivity contribution in [3.8, 4) is 0 Å². The molecule has 0 aromatic rings. The van der Waals surface area contributed by atoms with Crippen LogP contribution >= 0.6 is 0 Å². The van der Waals surface area contributed by atoms with E-state index in [1.54, 1.807) is 6.08 Å². The SMILES string of the molecule is COC(=O)[C@]12CCC(C)(C)CC1C1C(=O)C=C3C4(C)C=CC(=O)C(C)(C)C4CCC3(C)[C@]1(C)CC2. The molecule has 35 heavy (non-hydrogen) atoms. The van der Waals surface area contributed by atoms with Gasteiger partial charge in [-0.25, -0.2) is 0 Å². The van der Waals surface area contributed by atoms with Crippen molar-refractivity contribution in [2.45, 2.75) is 93.4 Å². The summed E-state index contributed by atoms with van der Waals surface area (Å²) in [4.78, 5) is 40.4. The first-order valence-corrected chi connectivity index (χ1v) is 13.7. The minimum absolute atomic E-state index is 0.00465. The summed E-state index contributed by atoms with van der Waals surface area (Å²) < 4.78 is 5.41. The minimum Gasteiger partial charge on any atom is -0.469 e. The smallest absolute Gasteiger partial charge is 0.312 e. The molecular formula is C31H44O4. The molecule has 0 aromatic carbocycles. The van der Waals surface area contributed by atoms with E-state index in [-0.39, 0.29) is 56.9 Å². The van der Waals surface area contributed by atoms with Gasteiger partial charge in [0.2, 0.25) is 0 Å². The molecule has 3 fully saturated rings. The summed E-state index contributed by atoms with van der Waals surface area (Å²) in [6.07, 6.45) is 12.1. The highest BCUT2D eigenvalue weighted by Crippen LogP contribution is 2.74. The van der Waals surface area contributed by atoms with Crippen molar-refractivity contribution in [3.63, 3.8) is 0 Å². The molecule has 0 radical (unpaired) electrons. The van der Waals surface area contributed by atoms with Gasteiger partial charge in [0.1, 0.15) is 0 Å². The highest BCUT2D eigenvalue weighted by Gasteiger charge is 2.70. The number of hydrogen-bond donors (Lipinski definition) is 0. The Balaban J connectivity index is 1.68. The van der Waals surface area contributed by atoms with Crippen LogP contribution in [0.15, 0.2) is 23.8 Å². The molecule has 0 aliphatic heterocycles. The number of ketones is 2. The molecule has 4 heteroatoms. The average Bonchev–Trinajstić information content (AvgIpc) is 2.77. The third-order valence-electron chi connectivity index (χ3n) is 12.3. The molecule has 0 spiro atoms. The molecule has 0 aromatic heterocycles. The molecule has 7 atom stereocenters. The Morgan fingerprint density at radius 2 is 1.60 bits per heavy atom. The number of carbonyl (C=O) groups excluding carboxylic acids is 3. The lowest BCUT2D eigenvalue weighted by Crippen LogP contribution is -2.65. The second-order valence-corrected chi connectivity index (χ2v) is 14.6. The number of fused-ring (bicyclic) bond motifs is 7. The van der Waals surface area contributed by atoms with Gasteiger partial charge in [0.15, 0.2) is 11.6 Å². The Morgan fingerprint density at radius 3 is 2.26 bits per heavy atom. The van der Waals surface area contributed by atoms with Gasteiger partial charge in [-0.1, -0.05) is 60.1 Å². The third kappa shape index (κ3) is 2.95. The van der Waals surface area contributed by atoms with E-state index < -0.39 is 10.8 Å². The van der Waals surface area contributed by atoms with Crippen LogP contribution < -0.4 is 0 Å². The van der Waals surface area contributed by atoms with Crippen molar-refractivity contribution in [1.82, 2.24) is 0 Å². The number of ether oxygens (including phenoxy) is 1. The van der Waals surface area contributed by atoms with E-state index in [4.69, 9.17) is 4.74 Å². The predicted molar refractivity (Wildman–Crippen MR) is 136 cm³/mol. The molecule has 4 nitrogen and oxygen atoms in total. The normalized spacial score (nSPS) is 47.5. The monoisotopic (exact) mass is 480 g/mol. The number of methoxy groups -OCH3 is 1. The van der Waals surface area contributed by atoms with Crippen LogP contribution in [0.25, 0.3) is 0 Å². The van der Waals surface area contributed by atoms with Gasteiger partial charge < -0.3 is 4.74 Å². The van der Waals surface area contributed by atoms with Crippen molar-refractivity contribution in [1.29, 1.82) is 0 Å². The Morgan fingerprint density at radius 1 is 0.943 bits per heavy atom. The van der Waals surface area contributed by atoms with E-state index in [1.165, 1.54) is 12.7 Å². The summed E-state index contributed by atoms with van der Waals surface area (Å²) in [7, 11) is 1.50. The first kappa shape index (κ1) is 25.0. The molecule has 5 rings (SSSR count). The van der Waals surface area contributed by atoms with Crippen molar-refractivity contribution in [3.05, 3.63) is 23.8 Å². The molecule has 0 bridgehead atoms. The molecular weight excluding hydrogens is 436 g/mol. The lowest BCUT2D eigenvalue weighted by atomic mass is 9.34. The quantitative estimate of drug-likeness (QED) is 0.403. The maximum Gasteiger partial charge on any atom is 0.312 e. The van der Waals surface area contributed by atoms with Crippen LogP contribution in [0.5, 0.6) is 0 Å². The van der Waals surface area contributed by atoms with Crippen LogP contribution in [0.4, 0.5) is 0 Å². The summed E-state index contributed by atoms with van der Waals surface area (Å²) in [5.41, 5.74) is -0.345. The number of allylic oxidation sites excluding steroid dienone is 4. The summed E-state index contributed by atoms with van der Waals surface area (Å²) in [6, 6.07) is 0. The first-order valence-electron chi connectivity index (χ1n) is 13.7. The van der Waals surface area contributed by atoms with Crippen LogP contribution in [0.2, 0.25) is 0 Å². The number of rotatable bonds is 1. The lowest BCUT2D eigenvalue weighted by Gasteiger charge is -2.68. The minimum atomic E-state index is -0.550. The zero-order chi connectivity index (χ0) is 25.8. The van der Waals surface area contributed by atoms with Gasteiger partial charge in [-0.15, -0.1) is 0 Å². The van der Waals surface area contributed by atoms with E-state index >= 15 is 0 Å². The fourth-order valence-electron chi connectivity index (χ4n) is 9.90. The van der Waals surface area contributed by atoms with Crippen LogP contribution in [0.1, 0.15) is 93.4 Å². The van der Waals surface area contributed by atoms with E-state index in [9.17, 15) is 14.4 Å². The summed E-state index contributed by atoms with van der Waals surface area (Å²) in [6.45, 7) is 15.7. The Labute approximate surface area is 211 Å². The number of carbonyl (C=O) groups is 3. The second kappa shape index (κ2) is 7.19. The fraction of sp³-hybridized carbons (Fsp3) is 0.774. The molecule has 5 unspecified atom stereocenters. The van der Waals surface area contributed by atoms with E-state index in [1.807, 2.05) is 6.08 Å². The van der Waals surface area contributed by atoms with Gasteiger partial charge in [-0.2, -0.15) is 0 Å². The van der Waals surface area contributed by atoms with Gasteiger partial charge >= 0.3 is 5.97 Å². The first-order chi connectivity index (χ1) is 16.1. The summed E-state index contributed by atoms with van der Waals surface area (Å²) in [5.74, 6) is 0.294. The van der Waals surface area contributed by atoms with E-state index in [0.29, 0.717) is 0 Å². The molecule has 3 saturated carbocycles. The summed E-state index contributed by atoms with van der Waals surface area (Å²) >= 11 is 0. The van der Waals surface area contributed by atoms with Gasteiger partial charge in [-0.05, 0) is 85.2 Å². The molecule has 5 aliphatic rings. The van der Waals surface area contributed by atoms with Crippen molar-refractivity contribution >= 4 is 17.5 Å². The number of esters is 1. The maximum atomic E-state index is 14.3. The highest BCUT2D eigenvalue weighted by atomic mass is 16.5. The van der Waals surface area contributed by atoms with Crippen LogP contribution in [-0.4, -0.2) is 24.6 Å². The Kier molecular flexibility index (Phi) is 5.13. The topological polar surface area (TPSA) is 60.4 Å². The standard InChI is InChI=1S/C31H44O4/c1-26(2)13-15-31(25(34)35-8)16-14-30(7)24(19(31)18-26)20(32)17-22-28(5)11-10-23(33)27(3,4)21(28)9-12-29(22,30)6/h10-11,17,19,21,24H,9,12-16,18H2,1-8H3/t19?,21?,24?,28?,29?,30-,31+/m1/s1. The molecule has 5 aliphatic carbocycles. The molecule has 192 valence electrons. The average molecular weight is 481 g/mol. The highest BCUT2D eigenvalue weighted by molar-refractivity contribution is 5.98. The van der Waals surface area contributed by atoms with Crippen LogP contribution in [0, 0.1) is 50.2 Å². The zero-order valence-corrected chi connectivity index (χ0v) is 23.0. The van der Waals surface area contributed by atoms with Crippen molar-refractivity contribution < 1.29 is 19.1 Å². The number of hydrogen-bond acceptors (Lipinski definition) is 4. The molecule has 0 saturated heterocycles. The lowest BCUT2D eigenvalue weighted by molar-refractivity contribution is -0.191. The Bertz CT molecular complexity index is 1060. The largest absolute Gasteiger partial charge is 0.469 e. The van der Waals surface area contributed by atoms with Gasteiger partial charge in [0.25, 0.3) is 0 Å². The fourth-order valence-corrected chi connectivity index (χ4v) is 9.90. The maximum absolute atomic E-state index is 14.3. The van der Waals surface area contributed by atoms with E-state index in [2.05, 4.69) is 54.5 Å². The van der Waals surface area contributed by atoms with Crippen LogP contribution in [0.3, 0.4) is 0 Å². The van der Waals surface area contributed by atoms with E-state index in [0.717, 1.165) is 44.9 Å². The van der Waals surface area contributed by atoms with Gasteiger partial charge in [-0.3, -0.25) is 14.4 Å². The van der Waals surface area contributed by atoms with Crippen molar-refractivity contribution in [2.24, 2.45) is 50.2 Å². The summed E-state index contributed by atoms with van der Waals surface area (Å²) in [5, 5.41) is 0. The molecule has 0 heterocycles. The van der Waals surface area contributed by atoms with Gasteiger partial charge in [0, 0.05) is 16.7 Å². The van der Waals surface area contributed by atoms with Crippen LogP contribution in [-0.2, 0) is 19.1 Å². The molecule has 0 amide bonds. The second-order valence-electron chi connectivity index (χ2n) is 14.6. The van der Waals surface area contributed by atoms with Crippen molar-refractivity contribution in [2.75, 3.05) is 7.11 Å². The zero-order valence-electron chi connectivity index (χ0n) is 23.0.